The Hall–Kier alpha value is -1.28. The summed E-state index contributed by atoms with van der Waals surface area (Å²) in [5.74, 6) is -0.349. The van der Waals surface area contributed by atoms with E-state index in [0.29, 0.717) is 24.1 Å². The van der Waals surface area contributed by atoms with Crippen molar-refractivity contribution in [2.75, 3.05) is 54.1 Å². The Labute approximate surface area is 302 Å². The Morgan fingerprint density at radius 1 is 0.633 bits per heavy atom. The van der Waals surface area contributed by atoms with E-state index in [4.69, 9.17) is 18.5 Å². The number of phosphoric acid groups is 1. The van der Waals surface area contributed by atoms with Crippen LogP contribution in [0.25, 0.3) is 0 Å². The minimum Gasteiger partial charge on any atom is -0.756 e. The molecule has 0 saturated heterocycles. The molecular formula is C40H76NO7P. The summed E-state index contributed by atoms with van der Waals surface area (Å²) in [6.07, 6.45) is 37.2. The fourth-order valence-corrected chi connectivity index (χ4v) is 5.78. The zero-order valence-electron chi connectivity index (χ0n) is 32.4. The van der Waals surface area contributed by atoms with Gasteiger partial charge in [-0.3, -0.25) is 9.36 Å². The molecule has 288 valence electrons. The number of hydrogen-bond donors (Lipinski definition) is 0. The van der Waals surface area contributed by atoms with E-state index in [0.717, 1.165) is 70.6 Å². The van der Waals surface area contributed by atoms with Gasteiger partial charge in [0.25, 0.3) is 7.82 Å². The quantitative estimate of drug-likeness (QED) is 0.0210. The highest BCUT2D eigenvalue weighted by Crippen LogP contribution is 2.38. The number of carbonyl (C=O) groups excluding carboxylic acids is 1. The average Bonchev–Trinajstić information content (AvgIpc) is 3.04. The molecule has 0 N–H and O–H groups in total. The number of likely N-dealkylation sites (N-methyl/N-ethyl adjacent to an activating group) is 1. The molecule has 0 aliphatic carbocycles. The first-order chi connectivity index (χ1) is 23.6. The largest absolute Gasteiger partial charge is 0.756 e. The van der Waals surface area contributed by atoms with E-state index in [2.05, 4.69) is 50.3 Å². The van der Waals surface area contributed by atoms with E-state index in [-0.39, 0.29) is 25.8 Å². The van der Waals surface area contributed by atoms with Crippen LogP contribution in [0.5, 0.6) is 0 Å². The highest BCUT2D eigenvalue weighted by atomic mass is 31.2. The molecule has 0 aromatic rings. The second-order valence-electron chi connectivity index (χ2n) is 14.3. The van der Waals surface area contributed by atoms with Crippen molar-refractivity contribution < 1.29 is 37.3 Å². The van der Waals surface area contributed by atoms with Gasteiger partial charge < -0.3 is 27.9 Å². The molecule has 0 amide bonds. The normalized spacial score (nSPS) is 14.3. The van der Waals surface area contributed by atoms with Crippen LogP contribution in [0.3, 0.4) is 0 Å². The van der Waals surface area contributed by atoms with Crippen molar-refractivity contribution in [3.63, 3.8) is 0 Å². The third kappa shape index (κ3) is 37.8. The van der Waals surface area contributed by atoms with Crippen LogP contribution >= 0.6 is 7.82 Å². The third-order valence-electron chi connectivity index (χ3n) is 8.14. The predicted molar refractivity (Wildman–Crippen MR) is 203 cm³/mol. The number of carbonyl (C=O) groups is 1. The molecule has 0 aliphatic rings. The number of phosphoric ester groups is 1. The van der Waals surface area contributed by atoms with Gasteiger partial charge in [-0.2, -0.15) is 0 Å². The molecule has 0 aliphatic heterocycles. The first-order valence-corrected chi connectivity index (χ1v) is 21.2. The van der Waals surface area contributed by atoms with E-state index in [1.807, 2.05) is 21.1 Å². The molecule has 0 aromatic heterocycles. The van der Waals surface area contributed by atoms with Crippen LogP contribution in [0.15, 0.2) is 36.5 Å². The number of rotatable bonds is 36. The van der Waals surface area contributed by atoms with E-state index in [1.54, 1.807) is 0 Å². The van der Waals surface area contributed by atoms with Crippen molar-refractivity contribution >= 4 is 13.8 Å². The summed E-state index contributed by atoms with van der Waals surface area (Å²) in [7, 11) is 1.34. The van der Waals surface area contributed by atoms with Crippen LogP contribution in [-0.4, -0.2) is 70.7 Å². The summed E-state index contributed by atoms with van der Waals surface area (Å²) in [5, 5.41) is 0. The zero-order valence-corrected chi connectivity index (χ0v) is 33.3. The summed E-state index contributed by atoms with van der Waals surface area (Å²) in [6.45, 7) is 5.29. The van der Waals surface area contributed by atoms with E-state index < -0.39 is 13.9 Å². The molecule has 2 unspecified atom stereocenters. The van der Waals surface area contributed by atoms with Gasteiger partial charge in [0.2, 0.25) is 0 Å². The smallest absolute Gasteiger partial charge is 0.306 e. The highest BCUT2D eigenvalue weighted by molar-refractivity contribution is 7.45. The molecule has 0 aromatic carbocycles. The van der Waals surface area contributed by atoms with Crippen LogP contribution in [0, 0.1) is 0 Å². The Balaban J connectivity index is 4.32. The van der Waals surface area contributed by atoms with Crippen LogP contribution in [0.4, 0.5) is 0 Å². The number of esters is 1. The molecule has 8 nitrogen and oxygen atoms in total. The van der Waals surface area contributed by atoms with Gasteiger partial charge in [0.05, 0.1) is 34.4 Å². The highest BCUT2D eigenvalue weighted by Gasteiger charge is 2.20. The summed E-state index contributed by atoms with van der Waals surface area (Å²) in [5.41, 5.74) is 0. The molecule has 2 atom stereocenters. The molecular weight excluding hydrogens is 637 g/mol. The first kappa shape index (κ1) is 47.7. The Bertz CT molecular complexity index is 884. The Morgan fingerprint density at radius 2 is 1.16 bits per heavy atom. The fraction of sp³-hybridized carbons (Fsp3) is 0.825. The van der Waals surface area contributed by atoms with Crippen molar-refractivity contribution in [2.45, 2.75) is 161 Å². The third-order valence-corrected chi connectivity index (χ3v) is 9.11. The van der Waals surface area contributed by atoms with Crippen molar-refractivity contribution in [2.24, 2.45) is 0 Å². The predicted octanol–water partition coefficient (Wildman–Crippen LogP) is 10.4. The van der Waals surface area contributed by atoms with Crippen molar-refractivity contribution in [1.82, 2.24) is 0 Å². The molecule has 49 heavy (non-hydrogen) atoms. The number of nitrogens with zero attached hydrogens (tertiary/aromatic N) is 1. The lowest BCUT2D eigenvalue weighted by molar-refractivity contribution is -0.870. The lowest BCUT2D eigenvalue weighted by Crippen LogP contribution is -2.37. The maximum atomic E-state index is 12.6. The fourth-order valence-electron chi connectivity index (χ4n) is 5.05. The SMILES string of the molecule is CCC/C=C\C/C=C\CCCCCCCCOCC(COP(=O)([O-])OCC[N+](C)(C)C)OC(=O)CCCCCCC/C=C\CCCCCC. The summed E-state index contributed by atoms with van der Waals surface area (Å²) in [6, 6.07) is 0. The van der Waals surface area contributed by atoms with E-state index >= 15 is 0 Å². The minimum absolute atomic E-state index is 0.0218. The number of unbranched alkanes of at least 4 members (excludes halogenated alkanes) is 16. The van der Waals surface area contributed by atoms with E-state index in [9.17, 15) is 14.3 Å². The molecule has 0 spiro atoms. The minimum atomic E-state index is -4.52. The zero-order chi connectivity index (χ0) is 36.3. The topological polar surface area (TPSA) is 94.1 Å². The van der Waals surface area contributed by atoms with Gasteiger partial charge in [-0.15, -0.1) is 0 Å². The molecule has 0 fully saturated rings. The summed E-state index contributed by atoms with van der Waals surface area (Å²) >= 11 is 0. The lowest BCUT2D eigenvalue weighted by atomic mass is 10.1. The van der Waals surface area contributed by atoms with Gasteiger partial charge in [-0.25, -0.2) is 0 Å². The summed E-state index contributed by atoms with van der Waals surface area (Å²) < 4.78 is 34.4. The molecule has 9 heteroatoms. The molecule has 0 heterocycles. The van der Waals surface area contributed by atoms with Gasteiger partial charge >= 0.3 is 5.97 Å². The van der Waals surface area contributed by atoms with Gasteiger partial charge in [0, 0.05) is 13.0 Å². The summed E-state index contributed by atoms with van der Waals surface area (Å²) in [4.78, 5) is 24.9. The second kappa shape index (κ2) is 33.8. The molecule has 0 rings (SSSR count). The Kier molecular flexibility index (Phi) is 33.0. The lowest BCUT2D eigenvalue weighted by Gasteiger charge is -2.28. The standard InChI is InChI=1S/C40H76NO7P/c1-6-8-10-12-14-16-18-20-22-24-26-28-30-32-35-45-37-39(38-47-49(43,44)46-36-34-41(3,4)5)48-40(42)33-31-29-27-25-23-21-19-17-15-13-11-9-7-2/h10,12,16-19,39H,6-9,11,13-15,20-38H2,1-5H3/b12-10-,18-16-,19-17-. The maximum Gasteiger partial charge on any atom is 0.306 e. The average molecular weight is 714 g/mol. The van der Waals surface area contributed by atoms with Gasteiger partial charge in [0.1, 0.15) is 19.3 Å². The number of allylic oxidation sites excluding steroid dienone is 6. The van der Waals surface area contributed by atoms with Crippen molar-refractivity contribution in [3.8, 4) is 0 Å². The monoisotopic (exact) mass is 714 g/mol. The van der Waals surface area contributed by atoms with Crippen LogP contribution in [0.2, 0.25) is 0 Å². The number of ether oxygens (including phenoxy) is 2. The maximum absolute atomic E-state index is 12.6. The Morgan fingerprint density at radius 3 is 1.76 bits per heavy atom. The molecule has 0 saturated carbocycles. The number of hydrogen-bond acceptors (Lipinski definition) is 7. The van der Waals surface area contributed by atoms with E-state index in [1.165, 1.54) is 64.2 Å². The van der Waals surface area contributed by atoms with Gasteiger partial charge in [-0.1, -0.05) is 121 Å². The van der Waals surface area contributed by atoms with Gasteiger partial charge in [-0.05, 0) is 64.2 Å². The molecule has 0 bridgehead atoms. The number of quaternary nitrogens is 1. The van der Waals surface area contributed by atoms with Crippen molar-refractivity contribution in [3.05, 3.63) is 36.5 Å². The second-order valence-corrected chi connectivity index (χ2v) is 15.7. The van der Waals surface area contributed by atoms with Crippen molar-refractivity contribution in [1.29, 1.82) is 0 Å². The molecule has 0 radical (unpaired) electrons. The van der Waals surface area contributed by atoms with Crippen LogP contribution < -0.4 is 4.89 Å². The van der Waals surface area contributed by atoms with Crippen LogP contribution in [-0.2, 0) is 27.9 Å². The van der Waals surface area contributed by atoms with Gasteiger partial charge in [0.15, 0.2) is 0 Å². The van der Waals surface area contributed by atoms with Crippen LogP contribution in [0.1, 0.15) is 155 Å². The first-order valence-electron chi connectivity index (χ1n) is 19.7.